The predicted molar refractivity (Wildman–Crippen MR) is 89.4 cm³/mol. The third-order valence-electron chi connectivity index (χ3n) is 3.92. The lowest BCUT2D eigenvalue weighted by Crippen LogP contribution is -2.16. The summed E-state index contributed by atoms with van der Waals surface area (Å²) in [6, 6.07) is 10.3. The van der Waals surface area contributed by atoms with E-state index in [0.29, 0.717) is 11.7 Å². The van der Waals surface area contributed by atoms with Gasteiger partial charge in [0.05, 0.1) is 11.9 Å². The first-order valence-corrected chi connectivity index (χ1v) is 7.80. The Morgan fingerprint density at radius 1 is 1.27 bits per heavy atom. The maximum Gasteiger partial charge on any atom is 0.274 e. The smallest absolute Gasteiger partial charge is 0.274 e. The summed E-state index contributed by atoms with van der Waals surface area (Å²) in [4.78, 5) is 16.7. The van der Waals surface area contributed by atoms with E-state index in [2.05, 4.69) is 22.5 Å². The van der Waals surface area contributed by atoms with Crippen molar-refractivity contribution in [2.24, 2.45) is 0 Å². The van der Waals surface area contributed by atoms with E-state index in [0.717, 1.165) is 28.9 Å². The molecule has 114 valence electrons. The monoisotopic (exact) mass is 295 g/mol. The number of nitrogens with zero attached hydrogens (tertiary/aromatic N) is 1. The van der Waals surface area contributed by atoms with Crippen LogP contribution >= 0.6 is 0 Å². The highest BCUT2D eigenvalue weighted by atomic mass is 16.1. The number of nitrogens with one attached hydrogen (secondary N) is 2. The van der Waals surface area contributed by atoms with Gasteiger partial charge in [-0.15, -0.1) is 0 Å². The molecule has 2 aromatic rings. The largest absolute Gasteiger partial charge is 0.381 e. The summed E-state index contributed by atoms with van der Waals surface area (Å²) in [5.41, 5.74) is 4.52. The Morgan fingerprint density at radius 3 is 2.73 bits per heavy atom. The summed E-state index contributed by atoms with van der Waals surface area (Å²) < 4.78 is 0. The van der Waals surface area contributed by atoms with Crippen LogP contribution < -0.4 is 10.6 Å². The van der Waals surface area contributed by atoms with E-state index >= 15 is 0 Å². The first kappa shape index (κ1) is 14.6. The van der Waals surface area contributed by atoms with Crippen molar-refractivity contribution in [2.75, 3.05) is 10.6 Å². The topological polar surface area (TPSA) is 54.0 Å². The molecule has 4 nitrogen and oxygen atoms in total. The fourth-order valence-corrected chi connectivity index (χ4v) is 2.46. The van der Waals surface area contributed by atoms with Gasteiger partial charge in [-0.25, -0.2) is 4.98 Å². The number of pyridine rings is 1. The molecule has 3 rings (SSSR count). The van der Waals surface area contributed by atoms with Gasteiger partial charge in [0.25, 0.3) is 5.91 Å². The second-order valence-corrected chi connectivity index (χ2v) is 5.77. The van der Waals surface area contributed by atoms with E-state index < -0.39 is 0 Å². The Labute approximate surface area is 131 Å². The second kappa shape index (κ2) is 6.18. The Morgan fingerprint density at radius 2 is 2.09 bits per heavy atom. The highest BCUT2D eigenvalue weighted by molar-refractivity contribution is 6.03. The Balaban J connectivity index is 1.73. The third-order valence-corrected chi connectivity index (χ3v) is 3.92. The number of carbonyl (C=O) groups is 1. The SMILES string of the molecule is CCc1cccc(C)c1NC(=O)c1ccc(NC2CC2)cn1. The number of anilines is 2. The lowest BCUT2D eigenvalue weighted by Gasteiger charge is -2.13. The zero-order valence-corrected chi connectivity index (χ0v) is 13.0. The summed E-state index contributed by atoms with van der Waals surface area (Å²) in [5.74, 6) is -0.165. The average Bonchev–Trinajstić information content (AvgIpc) is 3.34. The number of hydrogen-bond acceptors (Lipinski definition) is 3. The minimum absolute atomic E-state index is 0.165. The average molecular weight is 295 g/mol. The molecule has 2 N–H and O–H groups in total. The number of hydrogen-bond donors (Lipinski definition) is 2. The molecule has 1 fully saturated rings. The van der Waals surface area contributed by atoms with Crippen molar-refractivity contribution >= 4 is 17.3 Å². The van der Waals surface area contributed by atoms with Crippen molar-refractivity contribution in [3.63, 3.8) is 0 Å². The maximum absolute atomic E-state index is 12.4. The molecule has 1 amide bonds. The van der Waals surface area contributed by atoms with Gasteiger partial charge in [0, 0.05) is 11.7 Å². The van der Waals surface area contributed by atoms with Crippen LogP contribution in [0.3, 0.4) is 0 Å². The molecule has 1 saturated carbocycles. The molecule has 1 aliphatic rings. The van der Waals surface area contributed by atoms with Crippen molar-refractivity contribution in [2.45, 2.75) is 39.2 Å². The van der Waals surface area contributed by atoms with Crippen LogP contribution in [0.2, 0.25) is 0 Å². The first-order chi connectivity index (χ1) is 10.7. The van der Waals surface area contributed by atoms with Gasteiger partial charge in [-0.2, -0.15) is 0 Å². The van der Waals surface area contributed by atoms with Crippen LogP contribution in [-0.4, -0.2) is 16.9 Å². The molecule has 1 aromatic carbocycles. The summed E-state index contributed by atoms with van der Waals surface area (Å²) in [6.07, 6.45) is 5.05. The first-order valence-electron chi connectivity index (χ1n) is 7.80. The van der Waals surface area contributed by atoms with E-state index in [4.69, 9.17) is 0 Å². The van der Waals surface area contributed by atoms with Crippen LogP contribution in [0.5, 0.6) is 0 Å². The number of aromatic nitrogens is 1. The number of aryl methyl sites for hydroxylation is 2. The summed E-state index contributed by atoms with van der Waals surface area (Å²) in [7, 11) is 0. The van der Waals surface area contributed by atoms with Crippen molar-refractivity contribution < 1.29 is 4.79 Å². The van der Waals surface area contributed by atoms with Gasteiger partial charge in [0.2, 0.25) is 0 Å². The van der Waals surface area contributed by atoms with Crippen LogP contribution in [0.4, 0.5) is 11.4 Å². The molecule has 1 aliphatic carbocycles. The minimum Gasteiger partial charge on any atom is -0.381 e. The van der Waals surface area contributed by atoms with Crippen LogP contribution in [0, 0.1) is 6.92 Å². The van der Waals surface area contributed by atoms with Crippen molar-refractivity contribution in [3.8, 4) is 0 Å². The molecule has 0 aliphatic heterocycles. The molecule has 1 aromatic heterocycles. The fourth-order valence-electron chi connectivity index (χ4n) is 2.46. The van der Waals surface area contributed by atoms with Gasteiger partial charge >= 0.3 is 0 Å². The van der Waals surface area contributed by atoms with Gasteiger partial charge in [-0.05, 0) is 49.4 Å². The summed E-state index contributed by atoms with van der Waals surface area (Å²) in [6.45, 7) is 4.09. The number of rotatable bonds is 5. The number of amides is 1. The Kier molecular flexibility index (Phi) is 4.09. The highest BCUT2D eigenvalue weighted by Crippen LogP contribution is 2.24. The zero-order chi connectivity index (χ0) is 15.5. The van der Waals surface area contributed by atoms with Crippen molar-refractivity contribution in [1.29, 1.82) is 0 Å². The van der Waals surface area contributed by atoms with Gasteiger partial charge in [-0.3, -0.25) is 4.79 Å². The number of benzene rings is 1. The predicted octanol–water partition coefficient (Wildman–Crippen LogP) is 3.78. The standard InChI is InChI=1S/C18H21N3O/c1-3-13-6-4-5-12(2)17(13)21-18(22)16-10-9-15(11-19-16)20-14-7-8-14/h4-6,9-11,14,20H,3,7-8H2,1-2H3,(H,21,22). The molecule has 0 spiro atoms. The third kappa shape index (κ3) is 3.27. The molecule has 0 atom stereocenters. The Hall–Kier alpha value is -2.36. The minimum atomic E-state index is -0.165. The van der Waals surface area contributed by atoms with Crippen LogP contribution in [0.15, 0.2) is 36.5 Å². The molecular formula is C18H21N3O. The quantitative estimate of drug-likeness (QED) is 0.882. The second-order valence-electron chi connectivity index (χ2n) is 5.77. The van der Waals surface area contributed by atoms with Crippen LogP contribution in [0.25, 0.3) is 0 Å². The molecule has 1 heterocycles. The van der Waals surface area contributed by atoms with E-state index in [9.17, 15) is 4.79 Å². The molecule has 0 radical (unpaired) electrons. The van der Waals surface area contributed by atoms with Gasteiger partial charge in [0.15, 0.2) is 0 Å². The molecule has 0 unspecified atom stereocenters. The molecule has 0 saturated heterocycles. The molecule has 0 bridgehead atoms. The Bertz CT molecular complexity index is 675. The highest BCUT2D eigenvalue weighted by Gasteiger charge is 2.21. The van der Waals surface area contributed by atoms with Crippen molar-refractivity contribution in [3.05, 3.63) is 53.3 Å². The lowest BCUT2D eigenvalue weighted by atomic mass is 10.1. The van der Waals surface area contributed by atoms with Crippen LogP contribution in [-0.2, 0) is 6.42 Å². The van der Waals surface area contributed by atoms with E-state index in [1.54, 1.807) is 12.3 Å². The van der Waals surface area contributed by atoms with Gasteiger partial charge in [0.1, 0.15) is 5.69 Å². The molecular weight excluding hydrogens is 274 g/mol. The summed E-state index contributed by atoms with van der Waals surface area (Å²) >= 11 is 0. The molecule has 22 heavy (non-hydrogen) atoms. The zero-order valence-electron chi connectivity index (χ0n) is 13.0. The van der Waals surface area contributed by atoms with Crippen molar-refractivity contribution in [1.82, 2.24) is 4.98 Å². The van der Waals surface area contributed by atoms with E-state index in [1.165, 1.54) is 12.8 Å². The van der Waals surface area contributed by atoms with E-state index in [1.807, 2.05) is 31.2 Å². The summed E-state index contributed by atoms with van der Waals surface area (Å²) in [5, 5.41) is 6.36. The number of carbonyl (C=O) groups excluding carboxylic acids is 1. The fraction of sp³-hybridized carbons (Fsp3) is 0.333. The van der Waals surface area contributed by atoms with Crippen LogP contribution in [0.1, 0.15) is 41.4 Å². The molecule has 4 heteroatoms. The van der Waals surface area contributed by atoms with Gasteiger partial charge < -0.3 is 10.6 Å². The lowest BCUT2D eigenvalue weighted by molar-refractivity contribution is 0.102. The normalized spacial score (nSPS) is 13.7. The van der Waals surface area contributed by atoms with E-state index in [-0.39, 0.29) is 5.91 Å². The maximum atomic E-state index is 12.4. The number of para-hydroxylation sites is 1. The van der Waals surface area contributed by atoms with Gasteiger partial charge in [-0.1, -0.05) is 25.1 Å².